The van der Waals surface area contributed by atoms with Crippen LogP contribution in [0.5, 0.6) is 0 Å². The van der Waals surface area contributed by atoms with Crippen molar-refractivity contribution in [1.29, 1.82) is 0 Å². The molecule has 0 fully saturated rings. The number of hydrogen-bond acceptors (Lipinski definition) is 4. The topological polar surface area (TPSA) is 58.1 Å². The fourth-order valence-corrected chi connectivity index (χ4v) is 2.30. The average Bonchev–Trinajstić information content (AvgIpc) is 2.60. The lowest BCUT2D eigenvalue weighted by molar-refractivity contribution is -0.114. The second kappa shape index (κ2) is 4.77. The van der Waals surface area contributed by atoms with E-state index in [1.807, 2.05) is 37.3 Å². The molecule has 0 aliphatic carbocycles. The van der Waals surface area contributed by atoms with Gasteiger partial charge in [0.2, 0.25) is 0 Å². The Hall–Kier alpha value is -2.69. The van der Waals surface area contributed by atoms with Gasteiger partial charge in [0.25, 0.3) is 5.91 Å². The Balaban J connectivity index is 2.18. The summed E-state index contributed by atoms with van der Waals surface area (Å²) in [4.78, 5) is 14.1. The van der Waals surface area contributed by atoms with Crippen LogP contribution in [0.15, 0.2) is 48.3 Å². The van der Waals surface area contributed by atoms with Crippen molar-refractivity contribution < 1.29 is 4.79 Å². The lowest BCUT2D eigenvalue weighted by atomic mass is 10.1. The Kier molecular flexibility index (Phi) is 2.95. The standard InChI is InChI=1S/C15H14N4O/c1-10-14(11-7-8-16-17-9-11)18-12-5-3-4-6-13(12)19(2)15(10)20/h3-9,18H,1-2H3. The van der Waals surface area contributed by atoms with E-state index in [0.717, 1.165) is 22.6 Å². The van der Waals surface area contributed by atoms with Crippen LogP contribution in [0.2, 0.25) is 0 Å². The van der Waals surface area contributed by atoms with E-state index in [1.165, 1.54) is 0 Å². The minimum atomic E-state index is -0.0331. The highest BCUT2D eigenvalue weighted by Crippen LogP contribution is 2.33. The maximum Gasteiger partial charge on any atom is 0.255 e. The van der Waals surface area contributed by atoms with Gasteiger partial charge < -0.3 is 10.2 Å². The number of hydrogen-bond donors (Lipinski definition) is 1. The predicted molar refractivity (Wildman–Crippen MR) is 78.1 cm³/mol. The van der Waals surface area contributed by atoms with Gasteiger partial charge in [-0.2, -0.15) is 10.2 Å². The third-order valence-corrected chi connectivity index (χ3v) is 3.40. The number of amides is 1. The van der Waals surface area contributed by atoms with E-state index >= 15 is 0 Å². The number of para-hydroxylation sites is 2. The third-order valence-electron chi connectivity index (χ3n) is 3.40. The number of carbonyl (C=O) groups excluding carboxylic acids is 1. The molecule has 0 radical (unpaired) electrons. The van der Waals surface area contributed by atoms with E-state index < -0.39 is 0 Å². The molecule has 1 aromatic carbocycles. The van der Waals surface area contributed by atoms with Gasteiger partial charge in [0.05, 0.1) is 29.5 Å². The molecule has 0 saturated carbocycles. The summed E-state index contributed by atoms with van der Waals surface area (Å²) in [6.07, 6.45) is 3.26. The zero-order valence-corrected chi connectivity index (χ0v) is 11.3. The van der Waals surface area contributed by atoms with Crippen LogP contribution in [0.1, 0.15) is 12.5 Å². The lowest BCUT2D eigenvalue weighted by Gasteiger charge is -2.17. The summed E-state index contributed by atoms with van der Waals surface area (Å²) in [5.74, 6) is -0.0331. The minimum absolute atomic E-state index is 0.0331. The van der Waals surface area contributed by atoms with Crippen LogP contribution >= 0.6 is 0 Å². The number of nitrogens with one attached hydrogen (secondary N) is 1. The number of carbonyl (C=O) groups is 1. The molecular weight excluding hydrogens is 252 g/mol. The fraction of sp³-hybridized carbons (Fsp3) is 0.133. The molecule has 5 heteroatoms. The normalized spacial score (nSPS) is 14.7. The van der Waals surface area contributed by atoms with Gasteiger partial charge in [0.1, 0.15) is 0 Å². The molecule has 0 spiro atoms. The van der Waals surface area contributed by atoms with E-state index in [0.29, 0.717) is 5.57 Å². The van der Waals surface area contributed by atoms with E-state index in [9.17, 15) is 4.79 Å². The zero-order valence-electron chi connectivity index (χ0n) is 11.3. The van der Waals surface area contributed by atoms with Gasteiger partial charge in [-0.1, -0.05) is 12.1 Å². The van der Waals surface area contributed by atoms with Gasteiger partial charge in [-0.15, -0.1) is 0 Å². The van der Waals surface area contributed by atoms with Crippen LogP contribution < -0.4 is 10.2 Å². The van der Waals surface area contributed by atoms with Crippen molar-refractivity contribution in [2.75, 3.05) is 17.3 Å². The zero-order chi connectivity index (χ0) is 14.1. The summed E-state index contributed by atoms with van der Waals surface area (Å²) in [7, 11) is 1.78. The number of rotatable bonds is 1. The summed E-state index contributed by atoms with van der Waals surface area (Å²) < 4.78 is 0. The van der Waals surface area contributed by atoms with Crippen LogP contribution in [-0.4, -0.2) is 23.2 Å². The van der Waals surface area contributed by atoms with Crippen LogP contribution in [0.25, 0.3) is 5.70 Å². The fourth-order valence-electron chi connectivity index (χ4n) is 2.30. The summed E-state index contributed by atoms with van der Waals surface area (Å²) in [5.41, 5.74) is 4.01. The van der Waals surface area contributed by atoms with Crippen LogP contribution in [-0.2, 0) is 4.79 Å². The Bertz CT molecular complexity index is 694. The van der Waals surface area contributed by atoms with Crippen molar-refractivity contribution in [1.82, 2.24) is 10.2 Å². The molecule has 5 nitrogen and oxygen atoms in total. The first-order valence-electron chi connectivity index (χ1n) is 6.30. The first-order valence-corrected chi connectivity index (χ1v) is 6.30. The van der Waals surface area contributed by atoms with Gasteiger partial charge in [-0.25, -0.2) is 0 Å². The van der Waals surface area contributed by atoms with E-state index in [4.69, 9.17) is 0 Å². The monoisotopic (exact) mass is 266 g/mol. The highest BCUT2D eigenvalue weighted by molar-refractivity contribution is 6.14. The van der Waals surface area contributed by atoms with Gasteiger partial charge in [0, 0.05) is 18.2 Å². The van der Waals surface area contributed by atoms with Crippen molar-refractivity contribution in [2.24, 2.45) is 0 Å². The molecule has 1 N–H and O–H groups in total. The quantitative estimate of drug-likeness (QED) is 0.860. The minimum Gasteiger partial charge on any atom is -0.353 e. The first kappa shape index (κ1) is 12.3. The highest BCUT2D eigenvalue weighted by Gasteiger charge is 2.24. The Morgan fingerprint density at radius 1 is 1.15 bits per heavy atom. The molecule has 2 aromatic rings. The molecule has 3 rings (SSSR count). The van der Waals surface area contributed by atoms with E-state index in [2.05, 4.69) is 15.5 Å². The van der Waals surface area contributed by atoms with Gasteiger partial charge in [0.15, 0.2) is 0 Å². The summed E-state index contributed by atoms with van der Waals surface area (Å²) in [6, 6.07) is 9.56. The van der Waals surface area contributed by atoms with E-state index in [1.54, 1.807) is 24.3 Å². The van der Waals surface area contributed by atoms with Crippen molar-refractivity contribution in [3.05, 3.63) is 53.9 Å². The molecule has 100 valence electrons. The summed E-state index contributed by atoms with van der Waals surface area (Å²) in [6.45, 7) is 1.81. The Morgan fingerprint density at radius 2 is 1.95 bits per heavy atom. The van der Waals surface area contributed by atoms with Gasteiger partial charge >= 0.3 is 0 Å². The molecule has 1 aliphatic rings. The first-order chi connectivity index (χ1) is 9.68. The van der Waals surface area contributed by atoms with Crippen LogP contribution in [0, 0.1) is 0 Å². The Labute approximate surface area is 116 Å². The largest absolute Gasteiger partial charge is 0.353 e. The number of likely N-dealkylation sites (N-methyl/N-ethyl adjacent to an activating group) is 1. The molecule has 2 heterocycles. The maximum atomic E-state index is 12.5. The molecule has 20 heavy (non-hydrogen) atoms. The van der Waals surface area contributed by atoms with Gasteiger partial charge in [-0.3, -0.25) is 4.79 Å². The molecule has 1 aliphatic heterocycles. The number of benzene rings is 1. The number of anilines is 2. The third kappa shape index (κ3) is 1.93. The number of nitrogens with zero attached hydrogens (tertiary/aromatic N) is 3. The average molecular weight is 266 g/mol. The molecule has 1 aromatic heterocycles. The summed E-state index contributed by atoms with van der Waals surface area (Å²) in [5, 5.41) is 11.0. The molecule has 1 amide bonds. The molecule has 0 bridgehead atoms. The van der Waals surface area contributed by atoms with Crippen LogP contribution in [0.4, 0.5) is 11.4 Å². The molecule has 0 unspecified atom stereocenters. The molecular formula is C15H14N4O. The predicted octanol–water partition coefficient (Wildman–Crippen LogP) is 2.30. The smallest absolute Gasteiger partial charge is 0.255 e. The van der Waals surface area contributed by atoms with Crippen molar-refractivity contribution >= 4 is 23.0 Å². The number of aromatic nitrogens is 2. The summed E-state index contributed by atoms with van der Waals surface area (Å²) >= 11 is 0. The maximum absolute atomic E-state index is 12.5. The highest BCUT2D eigenvalue weighted by atomic mass is 16.2. The van der Waals surface area contributed by atoms with Crippen molar-refractivity contribution in [3.8, 4) is 0 Å². The van der Waals surface area contributed by atoms with Crippen molar-refractivity contribution in [3.63, 3.8) is 0 Å². The second-order valence-electron chi connectivity index (χ2n) is 4.64. The SMILES string of the molecule is CC1=C(c2ccnnc2)Nc2ccccc2N(C)C1=O. The second-order valence-corrected chi connectivity index (χ2v) is 4.64. The lowest BCUT2D eigenvalue weighted by Crippen LogP contribution is -2.26. The van der Waals surface area contributed by atoms with Gasteiger partial charge in [-0.05, 0) is 25.1 Å². The molecule has 0 saturated heterocycles. The Morgan fingerprint density at radius 3 is 2.70 bits per heavy atom. The van der Waals surface area contributed by atoms with Crippen molar-refractivity contribution in [2.45, 2.75) is 6.92 Å². The molecule has 0 atom stereocenters. The van der Waals surface area contributed by atoms with E-state index in [-0.39, 0.29) is 5.91 Å². The number of fused-ring (bicyclic) bond motifs is 1. The van der Waals surface area contributed by atoms with Crippen LogP contribution in [0.3, 0.4) is 0 Å².